The first-order chi connectivity index (χ1) is 7.36. The van der Waals surface area contributed by atoms with Crippen LogP contribution in [0.15, 0.2) is 24.3 Å². The number of hydrogen-bond donors (Lipinski definition) is 0. The molecule has 0 atom stereocenters. The largest absolute Gasteiger partial charge is 0.252 e. The third-order valence-electron chi connectivity index (χ3n) is 3.09. The molecule has 0 amide bonds. The Labute approximate surface area is 93.9 Å². The summed E-state index contributed by atoms with van der Waals surface area (Å²) in [7, 11) is 0. The Kier molecular flexibility index (Phi) is 2.17. The number of rotatable bonds is 0. The van der Waals surface area contributed by atoms with Crippen LogP contribution >= 0.6 is 11.8 Å². The molecule has 2 heterocycles. The Morgan fingerprint density at radius 1 is 1.27 bits per heavy atom. The molecule has 3 rings (SSSR count). The minimum atomic E-state index is 1.13. The van der Waals surface area contributed by atoms with Crippen molar-refractivity contribution in [3.8, 4) is 0 Å². The van der Waals surface area contributed by atoms with Gasteiger partial charge in [0.25, 0.3) is 0 Å². The average molecular weight is 215 g/mol. The molecule has 1 aromatic heterocycles. The van der Waals surface area contributed by atoms with E-state index in [9.17, 15) is 0 Å². The summed E-state index contributed by atoms with van der Waals surface area (Å²) in [5, 5.41) is 1.32. The molecule has 15 heavy (non-hydrogen) atoms. The first-order valence-corrected chi connectivity index (χ1v) is 6.46. The van der Waals surface area contributed by atoms with Crippen LogP contribution in [0.4, 0.5) is 0 Å². The van der Waals surface area contributed by atoms with Crippen molar-refractivity contribution >= 4 is 22.7 Å². The van der Waals surface area contributed by atoms with E-state index in [0.29, 0.717) is 0 Å². The number of aromatic nitrogens is 1. The van der Waals surface area contributed by atoms with E-state index in [-0.39, 0.29) is 0 Å². The highest BCUT2D eigenvalue weighted by Crippen LogP contribution is 2.30. The fraction of sp³-hybridized carbons (Fsp3) is 0.308. The van der Waals surface area contributed by atoms with E-state index >= 15 is 0 Å². The van der Waals surface area contributed by atoms with E-state index in [4.69, 9.17) is 4.98 Å². The second-order valence-corrected chi connectivity index (χ2v) is 5.09. The summed E-state index contributed by atoms with van der Waals surface area (Å²) in [5.74, 6) is 2.36. The summed E-state index contributed by atoms with van der Waals surface area (Å²) in [6.07, 6.45) is 1.13. The lowest BCUT2D eigenvalue weighted by Crippen LogP contribution is -2.07. The molecule has 0 saturated heterocycles. The predicted molar refractivity (Wildman–Crippen MR) is 66.3 cm³/mol. The van der Waals surface area contributed by atoms with Crippen molar-refractivity contribution in [1.29, 1.82) is 0 Å². The Balaban J connectivity index is 2.36. The zero-order valence-electron chi connectivity index (χ0n) is 8.79. The van der Waals surface area contributed by atoms with Gasteiger partial charge in [0.1, 0.15) is 0 Å². The van der Waals surface area contributed by atoms with Crippen molar-refractivity contribution in [3.05, 3.63) is 41.1 Å². The number of para-hydroxylation sites is 1. The second kappa shape index (κ2) is 3.53. The van der Waals surface area contributed by atoms with Crippen LogP contribution < -0.4 is 0 Å². The van der Waals surface area contributed by atoms with E-state index in [1.165, 1.54) is 28.0 Å². The molecule has 1 aliphatic rings. The van der Waals surface area contributed by atoms with Crippen molar-refractivity contribution in [2.24, 2.45) is 0 Å². The van der Waals surface area contributed by atoms with Crippen LogP contribution in [0, 0.1) is 6.92 Å². The maximum Gasteiger partial charge on any atom is 0.0708 e. The molecular weight excluding hydrogens is 202 g/mol. The normalized spacial score (nSPS) is 15.3. The number of fused-ring (bicyclic) bond motifs is 2. The van der Waals surface area contributed by atoms with Gasteiger partial charge in [0.2, 0.25) is 0 Å². The van der Waals surface area contributed by atoms with E-state index in [2.05, 4.69) is 31.2 Å². The highest BCUT2D eigenvalue weighted by molar-refractivity contribution is 7.98. The maximum atomic E-state index is 4.76. The minimum Gasteiger partial charge on any atom is -0.252 e. The molecular formula is C13H13NS. The third-order valence-corrected chi connectivity index (χ3v) is 4.08. The van der Waals surface area contributed by atoms with Crippen molar-refractivity contribution in [3.63, 3.8) is 0 Å². The number of benzene rings is 1. The highest BCUT2D eigenvalue weighted by Gasteiger charge is 2.15. The lowest BCUT2D eigenvalue weighted by atomic mass is 10.0. The lowest BCUT2D eigenvalue weighted by Gasteiger charge is -2.18. The van der Waals surface area contributed by atoms with Gasteiger partial charge in [0, 0.05) is 16.8 Å². The van der Waals surface area contributed by atoms with Gasteiger partial charge in [-0.15, -0.1) is 0 Å². The molecule has 76 valence electrons. The quantitative estimate of drug-likeness (QED) is 0.668. The van der Waals surface area contributed by atoms with Crippen LogP contribution in [-0.2, 0) is 12.2 Å². The summed E-state index contributed by atoms with van der Waals surface area (Å²) in [6.45, 7) is 2.23. The average Bonchev–Trinajstić information content (AvgIpc) is 2.30. The van der Waals surface area contributed by atoms with Crippen LogP contribution in [0.3, 0.4) is 0 Å². The molecule has 0 aliphatic carbocycles. The SMILES string of the molecule is Cc1c2c(nc3ccccc13)CCSC2. The fourth-order valence-corrected chi connectivity index (χ4v) is 3.29. The molecule has 0 unspecified atom stereocenters. The Bertz CT molecular complexity index is 519. The van der Waals surface area contributed by atoms with E-state index in [1.807, 2.05) is 11.8 Å². The van der Waals surface area contributed by atoms with E-state index in [0.717, 1.165) is 17.7 Å². The van der Waals surface area contributed by atoms with Crippen molar-refractivity contribution in [2.45, 2.75) is 19.1 Å². The number of nitrogens with zero attached hydrogens (tertiary/aromatic N) is 1. The first-order valence-electron chi connectivity index (χ1n) is 5.31. The second-order valence-electron chi connectivity index (χ2n) is 3.98. The first kappa shape index (κ1) is 9.22. The van der Waals surface area contributed by atoms with E-state index in [1.54, 1.807) is 0 Å². The monoisotopic (exact) mass is 215 g/mol. The van der Waals surface area contributed by atoms with Gasteiger partial charge < -0.3 is 0 Å². The fourth-order valence-electron chi connectivity index (χ4n) is 2.22. The molecule has 1 aliphatic heterocycles. The van der Waals surface area contributed by atoms with Crippen molar-refractivity contribution in [2.75, 3.05) is 5.75 Å². The van der Waals surface area contributed by atoms with Crippen LogP contribution in [0.2, 0.25) is 0 Å². The molecule has 0 saturated carbocycles. The summed E-state index contributed by atoms with van der Waals surface area (Å²) < 4.78 is 0. The zero-order valence-corrected chi connectivity index (χ0v) is 9.60. The minimum absolute atomic E-state index is 1.13. The van der Waals surface area contributed by atoms with Crippen LogP contribution in [0.25, 0.3) is 10.9 Å². The standard InChI is InChI=1S/C13H13NS/c1-9-10-4-2-3-5-12(10)14-13-6-7-15-8-11(9)13/h2-5H,6-8H2,1H3. The molecule has 0 fully saturated rings. The molecule has 0 bridgehead atoms. The molecule has 1 nitrogen and oxygen atoms in total. The summed E-state index contributed by atoms with van der Waals surface area (Å²) in [4.78, 5) is 4.76. The zero-order chi connectivity index (χ0) is 10.3. The van der Waals surface area contributed by atoms with Crippen LogP contribution in [0.1, 0.15) is 16.8 Å². The van der Waals surface area contributed by atoms with Gasteiger partial charge in [-0.1, -0.05) is 18.2 Å². The Hall–Kier alpha value is -1.02. The topological polar surface area (TPSA) is 12.9 Å². The van der Waals surface area contributed by atoms with Crippen LogP contribution in [0.5, 0.6) is 0 Å². The predicted octanol–water partition coefficient (Wildman–Crippen LogP) is 3.33. The van der Waals surface area contributed by atoms with Crippen LogP contribution in [-0.4, -0.2) is 10.7 Å². The summed E-state index contributed by atoms with van der Waals surface area (Å²) in [6, 6.07) is 8.46. The number of thioether (sulfide) groups is 1. The van der Waals surface area contributed by atoms with Crippen molar-refractivity contribution in [1.82, 2.24) is 4.98 Å². The lowest BCUT2D eigenvalue weighted by molar-refractivity contribution is 1.00. The molecule has 2 heteroatoms. The smallest absolute Gasteiger partial charge is 0.0708 e. The molecule has 0 N–H and O–H groups in total. The van der Waals surface area contributed by atoms with Crippen molar-refractivity contribution < 1.29 is 0 Å². The number of pyridine rings is 1. The number of hydrogen-bond acceptors (Lipinski definition) is 2. The van der Waals surface area contributed by atoms with Gasteiger partial charge in [0.15, 0.2) is 0 Å². The summed E-state index contributed by atoms with van der Waals surface area (Å²) in [5.41, 5.74) is 5.39. The molecule has 2 aromatic rings. The third kappa shape index (κ3) is 1.44. The van der Waals surface area contributed by atoms with Gasteiger partial charge in [-0.25, -0.2) is 0 Å². The van der Waals surface area contributed by atoms with Gasteiger partial charge in [-0.3, -0.25) is 4.98 Å². The Morgan fingerprint density at radius 3 is 3.07 bits per heavy atom. The van der Waals surface area contributed by atoms with Gasteiger partial charge >= 0.3 is 0 Å². The molecule has 0 spiro atoms. The summed E-state index contributed by atoms with van der Waals surface area (Å²) >= 11 is 2.02. The van der Waals surface area contributed by atoms with Gasteiger partial charge in [0.05, 0.1) is 5.52 Å². The van der Waals surface area contributed by atoms with Gasteiger partial charge in [-0.05, 0) is 36.3 Å². The number of aryl methyl sites for hydroxylation is 2. The maximum absolute atomic E-state index is 4.76. The molecule has 1 aromatic carbocycles. The highest BCUT2D eigenvalue weighted by atomic mass is 32.2. The Morgan fingerprint density at radius 2 is 2.13 bits per heavy atom. The molecule has 0 radical (unpaired) electrons. The van der Waals surface area contributed by atoms with Gasteiger partial charge in [-0.2, -0.15) is 11.8 Å². The van der Waals surface area contributed by atoms with E-state index < -0.39 is 0 Å².